The molecule has 5 heteroatoms. The predicted molar refractivity (Wildman–Crippen MR) is 84.3 cm³/mol. The normalized spacial score (nSPS) is 11.8. The van der Waals surface area contributed by atoms with Crippen molar-refractivity contribution >= 4 is 5.97 Å². The van der Waals surface area contributed by atoms with E-state index >= 15 is 0 Å². The summed E-state index contributed by atoms with van der Waals surface area (Å²) >= 11 is 0. The van der Waals surface area contributed by atoms with Crippen LogP contribution in [0.1, 0.15) is 27.6 Å². The average Bonchev–Trinajstić information content (AvgIpc) is 2.63. The van der Waals surface area contributed by atoms with Gasteiger partial charge < -0.3 is 4.74 Å². The van der Waals surface area contributed by atoms with Crippen molar-refractivity contribution in [1.29, 1.82) is 0 Å². The van der Waals surface area contributed by atoms with Crippen molar-refractivity contribution in [3.8, 4) is 0 Å². The van der Waals surface area contributed by atoms with Crippen molar-refractivity contribution in [2.45, 2.75) is 6.10 Å². The van der Waals surface area contributed by atoms with Crippen LogP contribution in [0.15, 0.2) is 73.1 Å². The smallest absolute Gasteiger partial charge is 0.342 e. The molecule has 0 saturated carbocycles. The van der Waals surface area contributed by atoms with Crippen LogP contribution in [-0.2, 0) is 4.74 Å². The number of pyridine rings is 1. The van der Waals surface area contributed by atoms with Gasteiger partial charge in [0.05, 0.1) is 5.56 Å². The standard InChI is InChI=1S/C19H13F2NO2/c20-15-6-7-17(21)16(12-15)19(23)24-18(13-4-2-1-3-5-13)14-8-10-22-11-9-14/h1-12,18H. The quantitative estimate of drug-likeness (QED) is 0.671. The summed E-state index contributed by atoms with van der Waals surface area (Å²) in [6, 6.07) is 15.1. The Hall–Kier alpha value is -3.08. The highest BCUT2D eigenvalue weighted by Crippen LogP contribution is 2.27. The zero-order valence-corrected chi connectivity index (χ0v) is 12.5. The maximum Gasteiger partial charge on any atom is 0.342 e. The molecule has 0 fully saturated rings. The van der Waals surface area contributed by atoms with E-state index in [4.69, 9.17) is 4.74 Å². The van der Waals surface area contributed by atoms with E-state index in [1.165, 1.54) is 0 Å². The van der Waals surface area contributed by atoms with Gasteiger partial charge in [-0.3, -0.25) is 4.98 Å². The molecule has 2 aromatic carbocycles. The number of hydrogen-bond acceptors (Lipinski definition) is 3. The molecule has 24 heavy (non-hydrogen) atoms. The molecule has 1 aromatic heterocycles. The summed E-state index contributed by atoms with van der Waals surface area (Å²) in [6.07, 6.45) is 2.40. The monoisotopic (exact) mass is 325 g/mol. The fraction of sp³-hybridized carbons (Fsp3) is 0.0526. The molecule has 0 amide bonds. The first-order valence-corrected chi connectivity index (χ1v) is 7.26. The molecule has 0 spiro atoms. The van der Waals surface area contributed by atoms with Gasteiger partial charge in [0.15, 0.2) is 6.10 Å². The Labute approximate surface area is 137 Å². The van der Waals surface area contributed by atoms with Crippen LogP contribution in [0.2, 0.25) is 0 Å². The first-order valence-electron chi connectivity index (χ1n) is 7.26. The fourth-order valence-corrected chi connectivity index (χ4v) is 2.32. The van der Waals surface area contributed by atoms with Crippen molar-refractivity contribution in [1.82, 2.24) is 4.98 Å². The number of rotatable bonds is 4. The van der Waals surface area contributed by atoms with E-state index in [1.54, 1.807) is 48.8 Å². The van der Waals surface area contributed by atoms with Gasteiger partial charge in [0, 0.05) is 18.0 Å². The Morgan fingerprint density at radius 1 is 0.917 bits per heavy atom. The third kappa shape index (κ3) is 3.46. The van der Waals surface area contributed by atoms with Crippen LogP contribution in [0.25, 0.3) is 0 Å². The highest BCUT2D eigenvalue weighted by atomic mass is 19.1. The van der Waals surface area contributed by atoms with Crippen molar-refractivity contribution in [3.05, 3.63) is 101 Å². The molecule has 120 valence electrons. The second-order valence-corrected chi connectivity index (χ2v) is 5.10. The lowest BCUT2D eigenvalue weighted by atomic mass is 10.0. The summed E-state index contributed by atoms with van der Waals surface area (Å²) in [5.74, 6) is -2.47. The van der Waals surface area contributed by atoms with Gasteiger partial charge in [-0.15, -0.1) is 0 Å². The molecule has 0 N–H and O–H groups in total. The SMILES string of the molecule is O=C(OC(c1ccccc1)c1ccncc1)c1cc(F)ccc1F. The largest absolute Gasteiger partial charge is 0.449 e. The highest BCUT2D eigenvalue weighted by molar-refractivity contribution is 5.90. The molecule has 0 aliphatic rings. The van der Waals surface area contributed by atoms with Gasteiger partial charge >= 0.3 is 5.97 Å². The Bertz CT molecular complexity index is 799. The highest BCUT2D eigenvalue weighted by Gasteiger charge is 2.22. The second kappa shape index (κ2) is 7.00. The minimum absolute atomic E-state index is 0.440. The van der Waals surface area contributed by atoms with Crippen LogP contribution in [0.4, 0.5) is 8.78 Å². The van der Waals surface area contributed by atoms with E-state index in [0.717, 1.165) is 18.2 Å². The van der Waals surface area contributed by atoms with Crippen LogP contribution >= 0.6 is 0 Å². The number of carbonyl (C=O) groups excluding carboxylic acids is 1. The Morgan fingerprint density at radius 3 is 2.29 bits per heavy atom. The van der Waals surface area contributed by atoms with E-state index in [1.807, 2.05) is 6.07 Å². The third-order valence-electron chi connectivity index (χ3n) is 3.48. The number of esters is 1. The van der Waals surface area contributed by atoms with Gasteiger partial charge in [0.1, 0.15) is 11.6 Å². The molecule has 0 saturated heterocycles. The lowest BCUT2D eigenvalue weighted by molar-refractivity contribution is 0.0372. The van der Waals surface area contributed by atoms with Crippen LogP contribution in [0.3, 0.4) is 0 Å². The number of benzene rings is 2. The summed E-state index contributed by atoms with van der Waals surface area (Å²) in [5.41, 5.74) is 0.959. The van der Waals surface area contributed by atoms with E-state index < -0.39 is 29.3 Å². The molecule has 0 radical (unpaired) electrons. The second-order valence-electron chi connectivity index (χ2n) is 5.10. The van der Waals surface area contributed by atoms with E-state index in [-0.39, 0.29) is 0 Å². The molecule has 3 aromatic rings. The summed E-state index contributed by atoms with van der Waals surface area (Å²) in [5, 5.41) is 0. The molecular formula is C19H13F2NO2. The molecule has 3 rings (SSSR count). The zero-order valence-electron chi connectivity index (χ0n) is 12.5. The number of nitrogens with zero attached hydrogens (tertiary/aromatic N) is 1. The van der Waals surface area contributed by atoms with Crippen LogP contribution in [0.5, 0.6) is 0 Å². The minimum Gasteiger partial charge on any atom is -0.449 e. The van der Waals surface area contributed by atoms with Gasteiger partial charge in [-0.2, -0.15) is 0 Å². The molecule has 3 nitrogen and oxygen atoms in total. The van der Waals surface area contributed by atoms with Crippen LogP contribution < -0.4 is 0 Å². The first kappa shape index (κ1) is 15.8. The maximum absolute atomic E-state index is 13.8. The number of hydrogen-bond donors (Lipinski definition) is 0. The van der Waals surface area contributed by atoms with Gasteiger partial charge in [-0.1, -0.05) is 30.3 Å². The molecule has 0 aliphatic carbocycles. The van der Waals surface area contributed by atoms with Crippen molar-refractivity contribution in [3.63, 3.8) is 0 Å². The molecule has 1 heterocycles. The van der Waals surface area contributed by atoms with Crippen molar-refractivity contribution < 1.29 is 18.3 Å². The molecule has 0 aliphatic heterocycles. The van der Waals surface area contributed by atoms with Crippen LogP contribution in [-0.4, -0.2) is 11.0 Å². The average molecular weight is 325 g/mol. The van der Waals surface area contributed by atoms with Crippen molar-refractivity contribution in [2.75, 3.05) is 0 Å². The van der Waals surface area contributed by atoms with Gasteiger partial charge in [0.25, 0.3) is 0 Å². The van der Waals surface area contributed by atoms with Crippen LogP contribution in [0, 0.1) is 11.6 Å². The minimum atomic E-state index is -0.933. The number of carbonyl (C=O) groups is 1. The lowest BCUT2D eigenvalue weighted by Gasteiger charge is -2.19. The molecule has 0 bridgehead atoms. The molecule has 1 unspecified atom stereocenters. The number of aromatic nitrogens is 1. The lowest BCUT2D eigenvalue weighted by Crippen LogP contribution is -2.14. The van der Waals surface area contributed by atoms with Gasteiger partial charge in [0.2, 0.25) is 0 Å². The Balaban J connectivity index is 1.95. The number of halogens is 2. The Kier molecular flexibility index (Phi) is 4.61. The fourth-order valence-electron chi connectivity index (χ4n) is 2.32. The zero-order chi connectivity index (χ0) is 16.9. The summed E-state index contributed by atoms with van der Waals surface area (Å²) in [4.78, 5) is 16.3. The van der Waals surface area contributed by atoms with E-state index in [0.29, 0.717) is 11.1 Å². The summed E-state index contributed by atoms with van der Waals surface area (Å²) in [6.45, 7) is 0. The molecule has 1 atom stereocenters. The summed E-state index contributed by atoms with van der Waals surface area (Å²) in [7, 11) is 0. The maximum atomic E-state index is 13.8. The van der Waals surface area contributed by atoms with Gasteiger partial charge in [-0.25, -0.2) is 13.6 Å². The summed E-state index contributed by atoms with van der Waals surface area (Å²) < 4.78 is 32.6. The topological polar surface area (TPSA) is 39.2 Å². The first-order chi connectivity index (χ1) is 11.6. The molecular weight excluding hydrogens is 312 g/mol. The predicted octanol–water partition coefficient (Wildman–Crippen LogP) is 4.31. The number of ether oxygens (including phenoxy) is 1. The van der Waals surface area contributed by atoms with E-state index in [2.05, 4.69) is 4.98 Å². The van der Waals surface area contributed by atoms with Gasteiger partial charge in [-0.05, 0) is 35.9 Å². The van der Waals surface area contributed by atoms with Crippen molar-refractivity contribution in [2.24, 2.45) is 0 Å². The third-order valence-corrected chi connectivity index (χ3v) is 3.48. The Morgan fingerprint density at radius 2 is 1.58 bits per heavy atom. The van der Waals surface area contributed by atoms with E-state index in [9.17, 15) is 13.6 Å².